The Morgan fingerprint density at radius 2 is 2.00 bits per heavy atom. The van der Waals surface area contributed by atoms with Crippen LogP contribution in [0.25, 0.3) is 11.0 Å². The Bertz CT molecular complexity index is 851. The number of rotatable bonds is 4. The smallest absolute Gasteiger partial charge is 0.306 e. The maximum Gasteiger partial charge on any atom is 0.327 e. The molecule has 1 N–H and O–H groups in total. The second-order valence-corrected chi connectivity index (χ2v) is 5.64. The Morgan fingerprint density at radius 3 is 2.77 bits per heavy atom. The van der Waals surface area contributed by atoms with Crippen LogP contribution < -0.4 is 5.69 Å². The summed E-state index contributed by atoms with van der Waals surface area (Å²) in [4.78, 5) is 16.7. The van der Waals surface area contributed by atoms with Crippen LogP contribution in [0.2, 0.25) is 5.02 Å². The van der Waals surface area contributed by atoms with Crippen molar-refractivity contribution in [2.24, 2.45) is 0 Å². The molecule has 0 bridgehead atoms. The van der Waals surface area contributed by atoms with Gasteiger partial charge in [0.25, 0.3) is 0 Å². The number of nitrogens with zero attached hydrogens (tertiary/aromatic N) is 2. The van der Waals surface area contributed by atoms with Crippen molar-refractivity contribution in [1.29, 1.82) is 0 Å². The fraction of sp³-hybridized carbons (Fsp3) is 0.188. The zero-order valence-electron chi connectivity index (χ0n) is 12.0. The fourth-order valence-corrected chi connectivity index (χ4v) is 2.71. The number of H-pyrrole nitrogens is 1. The van der Waals surface area contributed by atoms with Crippen molar-refractivity contribution in [2.75, 3.05) is 7.05 Å². The largest absolute Gasteiger partial charge is 0.327 e. The lowest BCUT2D eigenvalue weighted by Crippen LogP contribution is -2.28. The Kier molecular flexibility index (Phi) is 4.00. The molecular formula is C16H15ClFN3O. The number of aromatic nitrogens is 2. The highest BCUT2D eigenvalue weighted by Gasteiger charge is 2.12. The van der Waals surface area contributed by atoms with Crippen molar-refractivity contribution in [2.45, 2.75) is 13.2 Å². The molecule has 1 heterocycles. The molecule has 4 nitrogen and oxygen atoms in total. The van der Waals surface area contributed by atoms with Gasteiger partial charge in [-0.15, -0.1) is 0 Å². The van der Waals surface area contributed by atoms with Crippen LogP contribution in [0.3, 0.4) is 0 Å². The van der Waals surface area contributed by atoms with Crippen LogP contribution in [-0.4, -0.2) is 21.5 Å². The molecule has 0 aliphatic heterocycles. The number of para-hydroxylation sites is 2. The average molecular weight is 320 g/mol. The van der Waals surface area contributed by atoms with Gasteiger partial charge in [-0.05, 0) is 31.3 Å². The standard InChI is InChI=1S/C16H15ClFN3O/c1-20(9-11-12(17)5-4-6-13(11)18)10-21-15-8-3-2-7-14(15)19-16(21)22/h2-8H,9-10H2,1H3,(H,19,22). The van der Waals surface area contributed by atoms with Gasteiger partial charge in [0.2, 0.25) is 0 Å². The van der Waals surface area contributed by atoms with Crippen molar-refractivity contribution in [1.82, 2.24) is 14.5 Å². The highest BCUT2D eigenvalue weighted by Crippen LogP contribution is 2.20. The number of hydrogen-bond acceptors (Lipinski definition) is 2. The highest BCUT2D eigenvalue weighted by molar-refractivity contribution is 6.31. The van der Waals surface area contributed by atoms with Gasteiger partial charge in [-0.1, -0.05) is 29.8 Å². The SMILES string of the molecule is CN(Cc1c(F)cccc1Cl)Cn1c(=O)[nH]c2ccccc21. The first-order chi connectivity index (χ1) is 10.6. The van der Waals surface area contributed by atoms with E-state index in [2.05, 4.69) is 4.98 Å². The van der Waals surface area contributed by atoms with Gasteiger partial charge in [-0.3, -0.25) is 9.47 Å². The summed E-state index contributed by atoms with van der Waals surface area (Å²) in [5.74, 6) is -0.342. The zero-order chi connectivity index (χ0) is 15.7. The number of benzene rings is 2. The van der Waals surface area contributed by atoms with E-state index in [1.165, 1.54) is 6.07 Å². The van der Waals surface area contributed by atoms with Gasteiger partial charge in [-0.2, -0.15) is 0 Å². The summed E-state index contributed by atoms with van der Waals surface area (Å²) in [5.41, 5.74) is 1.84. The Hall–Kier alpha value is -2.11. The lowest BCUT2D eigenvalue weighted by atomic mass is 10.2. The molecule has 0 spiro atoms. The Morgan fingerprint density at radius 1 is 1.23 bits per heavy atom. The molecule has 1 aromatic heterocycles. The third kappa shape index (κ3) is 2.77. The average Bonchev–Trinajstić information content (AvgIpc) is 2.79. The predicted octanol–water partition coefficient (Wildman–Crippen LogP) is 3.21. The van der Waals surface area contributed by atoms with E-state index in [9.17, 15) is 9.18 Å². The molecule has 0 aliphatic carbocycles. The first-order valence-electron chi connectivity index (χ1n) is 6.85. The molecule has 3 aromatic rings. The molecular weight excluding hydrogens is 305 g/mol. The van der Waals surface area contributed by atoms with Crippen molar-refractivity contribution in [3.05, 3.63) is 69.4 Å². The van der Waals surface area contributed by atoms with E-state index >= 15 is 0 Å². The summed E-state index contributed by atoms with van der Waals surface area (Å²) < 4.78 is 15.5. The van der Waals surface area contributed by atoms with Crippen molar-refractivity contribution < 1.29 is 4.39 Å². The zero-order valence-corrected chi connectivity index (χ0v) is 12.8. The van der Waals surface area contributed by atoms with E-state index in [-0.39, 0.29) is 11.5 Å². The number of imidazole rings is 1. The van der Waals surface area contributed by atoms with E-state index in [1.54, 1.807) is 16.7 Å². The molecule has 0 unspecified atom stereocenters. The molecule has 0 atom stereocenters. The minimum absolute atomic E-state index is 0.187. The molecule has 114 valence electrons. The van der Waals surface area contributed by atoms with Gasteiger partial charge < -0.3 is 4.98 Å². The van der Waals surface area contributed by atoms with Gasteiger partial charge in [0.15, 0.2) is 0 Å². The van der Waals surface area contributed by atoms with Gasteiger partial charge >= 0.3 is 5.69 Å². The normalized spacial score (nSPS) is 11.5. The molecule has 2 aromatic carbocycles. The van der Waals surface area contributed by atoms with Crippen molar-refractivity contribution >= 4 is 22.6 Å². The predicted molar refractivity (Wildman–Crippen MR) is 85.4 cm³/mol. The highest BCUT2D eigenvalue weighted by atomic mass is 35.5. The van der Waals surface area contributed by atoms with Crippen LogP contribution in [0.15, 0.2) is 47.3 Å². The molecule has 0 aliphatic rings. The summed E-state index contributed by atoms with van der Waals surface area (Å²) >= 11 is 6.04. The minimum Gasteiger partial charge on any atom is -0.306 e. The third-order valence-corrected chi connectivity index (χ3v) is 3.91. The Balaban J connectivity index is 1.86. The van der Waals surface area contributed by atoms with E-state index in [0.717, 1.165) is 11.0 Å². The van der Waals surface area contributed by atoms with Gasteiger partial charge in [0, 0.05) is 17.1 Å². The first-order valence-corrected chi connectivity index (χ1v) is 7.23. The van der Waals surface area contributed by atoms with Crippen LogP contribution in [0.1, 0.15) is 5.56 Å². The summed E-state index contributed by atoms with van der Waals surface area (Å²) in [7, 11) is 1.82. The lowest BCUT2D eigenvalue weighted by molar-refractivity contribution is 0.257. The third-order valence-electron chi connectivity index (χ3n) is 3.55. The number of aromatic amines is 1. The molecule has 0 radical (unpaired) electrons. The number of hydrogen-bond donors (Lipinski definition) is 1. The van der Waals surface area contributed by atoms with E-state index in [1.807, 2.05) is 36.2 Å². The second kappa shape index (κ2) is 5.94. The van der Waals surface area contributed by atoms with Crippen LogP contribution in [-0.2, 0) is 13.2 Å². The van der Waals surface area contributed by atoms with Crippen molar-refractivity contribution in [3.8, 4) is 0 Å². The van der Waals surface area contributed by atoms with E-state index < -0.39 is 0 Å². The van der Waals surface area contributed by atoms with Crippen LogP contribution in [0.4, 0.5) is 4.39 Å². The fourth-order valence-electron chi connectivity index (χ4n) is 2.49. The summed E-state index contributed by atoms with van der Waals surface area (Å²) in [6.07, 6.45) is 0. The molecule has 0 fully saturated rings. The molecule has 22 heavy (non-hydrogen) atoms. The lowest BCUT2D eigenvalue weighted by Gasteiger charge is -2.18. The van der Waals surface area contributed by atoms with E-state index in [4.69, 9.17) is 11.6 Å². The molecule has 0 saturated carbocycles. The minimum atomic E-state index is -0.342. The maximum atomic E-state index is 13.8. The summed E-state index contributed by atoms with van der Waals surface area (Å²) in [5, 5.41) is 0.387. The molecule has 0 saturated heterocycles. The topological polar surface area (TPSA) is 41.0 Å². The van der Waals surface area contributed by atoms with Crippen LogP contribution >= 0.6 is 11.6 Å². The van der Waals surface area contributed by atoms with Crippen LogP contribution in [0.5, 0.6) is 0 Å². The molecule has 0 amide bonds. The molecule has 3 rings (SSSR count). The van der Waals surface area contributed by atoms with Gasteiger partial charge in [-0.25, -0.2) is 9.18 Å². The van der Waals surface area contributed by atoms with Crippen LogP contribution in [0, 0.1) is 5.82 Å². The van der Waals surface area contributed by atoms with E-state index in [0.29, 0.717) is 23.8 Å². The quantitative estimate of drug-likeness (QED) is 0.802. The monoisotopic (exact) mass is 319 g/mol. The van der Waals surface area contributed by atoms with Crippen molar-refractivity contribution in [3.63, 3.8) is 0 Å². The number of nitrogens with one attached hydrogen (secondary N) is 1. The Labute approximate surface area is 131 Å². The molecule has 6 heteroatoms. The maximum absolute atomic E-state index is 13.8. The summed E-state index contributed by atoms with van der Waals surface area (Å²) in [6.45, 7) is 0.658. The van der Waals surface area contributed by atoms with Gasteiger partial charge in [0.1, 0.15) is 5.82 Å². The first kappa shape index (κ1) is 14.8. The second-order valence-electron chi connectivity index (χ2n) is 5.23. The number of fused-ring (bicyclic) bond motifs is 1. The number of halogens is 2. The van der Waals surface area contributed by atoms with Gasteiger partial charge in [0.05, 0.1) is 17.7 Å². The summed E-state index contributed by atoms with van der Waals surface area (Å²) in [6, 6.07) is 12.1.